The van der Waals surface area contributed by atoms with E-state index in [1.54, 1.807) is 12.1 Å². The van der Waals surface area contributed by atoms with Gasteiger partial charge in [0.1, 0.15) is 5.82 Å². The molecule has 0 N–H and O–H groups in total. The number of hydrogen-bond donors (Lipinski definition) is 0. The molecule has 1 aromatic carbocycles. The van der Waals surface area contributed by atoms with Crippen LogP contribution in [0, 0.1) is 23.6 Å². The van der Waals surface area contributed by atoms with Crippen molar-refractivity contribution in [2.24, 2.45) is 17.8 Å². The third kappa shape index (κ3) is 5.92. The maximum atomic E-state index is 14.4. The molecule has 0 atom stereocenters. The van der Waals surface area contributed by atoms with Crippen molar-refractivity contribution in [3.63, 3.8) is 0 Å². The second kappa shape index (κ2) is 11.1. The Bertz CT molecular complexity index is 594. The van der Waals surface area contributed by atoms with Crippen LogP contribution in [0.25, 0.3) is 0 Å². The molecule has 0 radical (unpaired) electrons. The van der Waals surface area contributed by atoms with Gasteiger partial charge >= 0.3 is 0 Å². The van der Waals surface area contributed by atoms with E-state index >= 15 is 0 Å². The van der Waals surface area contributed by atoms with Crippen LogP contribution in [0.5, 0.6) is 0 Å². The van der Waals surface area contributed by atoms with Crippen molar-refractivity contribution in [2.75, 3.05) is 6.61 Å². The van der Waals surface area contributed by atoms with E-state index in [0.29, 0.717) is 24.7 Å². The summed E-state index contributed by atoms with van der Waals surface area (Å²) in [4.78, 5) is 0. The number of hydrogen-bond acceptors (Lipinski definition) is 1. The smallest absolute Gasteiger partial charge is 0.129 e. The number of halogens is 1. The topological polar surface area (TPSA) is 9.23 Å². The van der Waals surface area contributed by atoms with Crippen molar-refractivity contribution < 1.29 is 9.13 Å². The van der Waals surface area contributed by atoms with E-state index in [1.807, 2.05) is 6.07 Å². The minimum Gasteiger partial charge on any atom is -0.373 e. The molecule has 2 saturated carbocycles. The second-order valence-corrected chi connectivity index (χ2v) is 9.19. The molecule has 2 aliphatic carbocycles. The first-order valence-corrected chi connectivity index (χ1v) is 11.7. The van der Waals surface area contributed by atoms with Gasteiger partial charge in [0, 0.05) is 5.56 Å². The van der Waals surface area contributed by atoms with Crippen molar-refractivity contribution >= 4 is 0 Å². The number of ether oxygens (including phenoxy) is 1. The zero-order valence-corrected chi connectivity index (χ0v) is 17.8. The van der Waals surface area contributed by atoms with Gasteiger partial charge in [-0.1, -0.05) is 57.2 Å². The lowest BCUT2D eigenvalue weighted by Gasteiger charge is -2.38. The van der Waals surface area contributed by atoms with Gasteiger partial charge in [-0.05, 0) is 73.8 Å². The van der Waals surface area contributed by atoms with Gasteiger partial charge in [0.25, 0.3) is 0 Å². The van der Waals surface area contributed by atoms with Crippen LogP contribution >= 0.6 is 0 Å². The van der Waals surface area contributed by atoms with Gasteiger partial charge < -0.3 is 4.74 Å². The molecule has 1 aromatic rings. The van der Waals surface area contributed by atoms with Crippen molar-refractivity contribution in [1.82, 2.24) is 0 Å². The van der Waals surface area contributed by atoms with Crippen LogP contribution in [0.4, 0.5) is 4.39 Å². The monoisotopic (exact) mass is 386 g/mol. The highest BCUT2D eigenvalue weighted by atomic mass is 19.1. The average Bonchev–Trinajstić information content (AvgIpc) is 2.74. The fraction of sp³-hybridized carbons (Fsp3) is 0.692. The molecule has 28 heavy (non-hydrogen) atoms. The van der Waals surface area contributed by atoms with E-state index in [0.717, 1.165) is 17.8 Å². The minimum atomic E-state index is -0.117. The van der Waals surface area contributed by atoms with Crippen molar-refractivity contribution in [2.45, 2.75) is 90.1 Å². The van der Waals surface area contributed by atoms with Crippen LogP contribution in [0.15, 0.2) is 30.9 Å². The first-order chi connectivity index (χ1) is 13.7. The van der Waals surface area contributed by atoms with Crippen LogP contribution in [0.3, 0.4) is 0 Å². The molecule has 0 aliphatic heterocycles. The van der Waals surface area contributed by atoms with E-state index in [2.05, 4.69) is 19.6 Å². The predicted molar refractivity (Wildman–Crippen MR) is 116 cm³/mol. The summed E-state index contributed by atoms with van der Waals surface area (Å²) in [5.41, 5.74) is 1.84. The Morgan fingerprint density at radius 3 is 2.32 bits per heavy atom. The lowest BCUT2D eigenvalue weighted by molar-refractivity contribution is 0.146. The Kier molecular flexibility index (Phi) is 8.58. The van der Waals surface area contributed by atoms with Gasteiger partial charge in [-0.3, -0.25) is 0 Å². The predicted octanol–water partition coefficient (Wildman–Crippen LogP) is 7.80. The van der Waals surface area contributed by atoms with E-state index in [1.165, 1.54) is 76.2 Å². The summed E-state index contributed by atoms with van der Waals surface area (Å²) < 4.78 is 19.8. The van der Waals surface area contributed by atoms with Gasteiger partial charge in [-0.25, -0.2) is 4.39 Å². The maximum absolute atomic E-state index is 14.4. The Morgan fingerprint density at radius 1 is 1.04 bits per heavy atom. The van der Waals surface area contributed by atoms with E-state index in [4.69, 9.17) is 4.74 Å². The van der Waals surface area contributed by atoms with Crippen LogP contribution in [-0.4, -0.2) is 6.61 Å². The van der Waals surface area contributed by atoms with Gasteiger partial charge in [0.2, 0.25) is 0 Å². The van der Waals surface area contributed by atoms with E-state index in [-0.39, 0.29) is 5.82 Å². The minimum absolute atomic E-state index is 0.117. The third-order valence-electron chi connectivity index (χ3n) is 7.34. The molecule has 2 fully saturated rings. The molecule has 0 spiro atoms. The number of rotatable bonds is 9. The molecule has 156 valence electrons. The normalized spacial score (nSPS) is 28.2. The highest BCUT2D eigenvalue weighted by Gasteiger charge is 2.31. The fourth-order valence-electron chi connectivity index (χ4n) is 5.55. The van der Waals surface area contributed by atoms with Gasteiger partial charge in [0.15, 0.2) is 0 Å². The Hall–Kier alpha value is -1.15. The zero-order chi connectivity index (χ0) is 19.8. The Balaban J connectivity index is 1.45. The molecule has 3 rings (SSSR count). The molecule has 0 bridgehead atoms. The fourth-order valence-corrected chi connectivity index (χ4v) is 5.55. The summed E-state index contributed by atoms with van der Waals surface area (Å²) in [6.45, 7) is 6.72. The SMILES string of the molecule is C=CCOCc1ccc(C2CCC(C3CCC(CCCC)CC3)CC2)cc1F. The highest BCUT2D eigenvalue weighted by molar-refractivity contribution is 5.27. The molecular formula is C26H39FO. The number of unbranched alkanes of at least 4 members (excludes halogenated alkanes) is 1. The molecule has 0 aromatic heterocycles. The quantitative estimate of drug-likeness (QED) is 0.311. The van der Waals surface area contributed by atoms with Gasteiger partial charge in [0.05, 0.1) is 13.2 Å². The van der Waals surface area contributed by atoms with Crippen LogP contribution in [-0.2, 0) is 11.3 Å². The van der Waals surface area contributed by atoms with Gasteiger partial charge in [-0.15, -0.1) is 6.58 Å². The standard InChI is InChI=1S/C26H39FO/c1-3-5-6-20-7-9-21(10-8-20)22-11-13-23(14-12-22)24-15-16-25(26(27)18-24)19-28-17-4-2/h4,15-16,18,20-23H,2-3,5-14,17,19H2,1H3. The summed E-state index contributed by atoms with van der Waals surface area (Å²) in [7, 11) is 0. The Labute approximate surface area is 171 Å². The molecular weight excluding hydrogens is 347 g/mol. The molecule has 1 nitrogen and oxygen atoms in total. The summed E-state index contributed by atoms with van der Waals surface area (Å²) in [6.07, 6.45) is 16.9. The summed E-state index contributed by atoms with van der Waals surface area (Å²) in [5.74, 6) is 3.30. The third-order valence-corrected chi connectivity index (χ3v) is 7.34. The van der Waals surface area contributed by atoms with Crippen LogP contribution in [0.1, 0.15) is 94.6 Å². The van der Waals surface area contributed by atoms with E-state index < -0.39 is 0 Å². The summed E-state index contributed by atoms with van der Waals surface area (Å²) in [6, 6.07) is 5.80. The second-order valence-electron chi connectivity index (χ2n) is 9.19. The van der Waals surface area contributed by atoms with Gasteiger partial charge in [-0.2, -0.15) is 0 Å². The van der Waals surface area contributed by atoms with Crippen molar-refractivity contribution in [3.05, 3.63) is 47.8 Å². The molecule has 0 heterocycles. The van der Waals surface area contributed by atoms with Crippen LogP contribution in [0.2, 0.25) is 0 Å². The Morgan fingerprint density at radius 2 is 1.71 bits per heavy atom. The first-order valence-electron chi connectivity index (χ1n) is 11.7. The molecule has 0 saturated heterocycles. The lowest BCUT2D eigenvalue weighted by atomic mass is 9.68. The number of benzene rings is 1. The largest absolute Gasteiger partial charge is 0.373 e. The van der Waals surface area contributed by atoms with Crippen molar-refractivity contribution in [1.29, 1.82) is 0 Å². The summed E-state index contributed by atoms with van der Waals surface area (Å²) in [5, 5.41) is 0. The maximum Gasteiger partial charge on any atom is 0.129 e. The first kappa shape index (κ1) is 21.6. The molecule has 2 heteroatoms. The molecule has 0 amide bonds. The zero-order valence-electron chi connectivity index (χ0n) is 17.8. The average molecular weight is 387 g/mol. The van der Waals surface area contributed by atoms with Crippen LogP contribution < -0.4 is 0 Å². The molecule has 0 unspecified atom stereocenters. The highest BCUT2D eigenvalue weighted by Crippen LogP contribution is 2.44. The van der Waals surface area contributed by atoms with E-state index in [9.17, 15) is 4.39 Å². The van der Waals surface area contributed by atoms with Crippen molar-refractivity contribution in [3.8, 4) is 0 Å². The summed E-state index contributed by atoms with van der Waals surface area (Å²) >= 11 is 0. The lowest BCUT2D eigenvalue weighted by Crippen LogP contribution is -2.25. The molecule has 2 aliphatic rings.